The molecule has 3 aromatic rings. The highest BCUT2D eigenvalue weighted by molar-refractivity contribution is 6.04. The van der Waals surface area contributed by atoms with Gasteiger partial charge in [0.05, 0.1) is 0 Å². The second-order valence-electron chi connectivity index (χ2n) is 8.00. The van der Waals surface area contributed by atoms with Crippen molar-refractivity contribution in [2.75, 3.05) is 18.4 Å². The number of likely N-dealkylation sites (tertiary alicyclic amines) is 1. The standard InChI is InChI=1S/C23H21N5O3/c29-21(16-6-9-24-10-7-16)26-19-4-5-20-17-11-15(13-28(20)23(19)31)12-27(14-17)22(30)18-3-1-2-8-25-18/h1-10,15,17H,11-14H2,(H,26,29). The Kier molecular flexibility index (Phi) is 4.82. The average Bonchev–Trinajstić information content (AvgIpc) is 2.81. The van der Waals surface area contributed by atoms with Gasteiger partial charge in [-0.2, -0.15) is 0 Å². The van der Waals surface area contributed by atoms with Crippen LogP contribution in [0.15, 0.2) is 65.8 Å². The van der Waals surface area contributed by atoms with Crippen LogP contribution in [-0.2, 0) is 6.54 Å². The maximum Gasteiger partial charge on any atom is 0.274 e. The normalized spacial score (nSPS) is 19.4. The third-order valence-electron chi connectivity index (χ3n) is 5.97. The van der Waals surface area contributed by atoms with Crippen LogP contribution in [0.25, 0.3) is 0 Å². The fourth-order valence-corrected chi connectivity index (χ4v) is 4.56. The number of aromatic nitrogens is 3. The first-order chi connectivity index (χ1) is 15.1. The molecule has 2 bridgehead atoms. The van der Waals surface area contributed by atoms with Crippen molar-refractivity contribution in [3.63, 3.8) is 0 Å². The summed E-state index contributed by atoms with van der Waals surface area (Å²) < 4.78 is 1.75. The number of nitrogens with one attached hydrogen (secondary N) is 1. The largest absolute Gasteiger partial charge is 0.336 e. The van der Waals surface area contributed by atoms with Crippen LogP contribution in [0.3, 0.4) is 0 Å². The minimum atomic E-state index is -0.344. The topological polar surface area (TPSA) is 97.2 Å². The molecular formula is C23H21N5O3. The van der Waals surface area contributed by atoms with Crippen molar-refractivity contribution in [3.8, 4) is 0 Å². The summed E-state index contributed by atoms with van der Waals surface area (Å²) in [7, 11) is 0. The summed E-state index contributed by atoms with van der Waals surface area (Å²) in [5, 5.41) is 2.72. The molecule has 2 aliphatic rings. The van der Waals surface area contributed by atoms with Crippen LogP contribution in [0.2, 0.25) is 0 Å². The van der Waals surface area contributed by atoms with E-state index in [9.17, 15) is 14.4 Å². The zero-order chi connectivity index (χ0) is 21.4. The maximum atomic E-state index is 13.1. The molecule has 0 aromatic carbocycles. The van der Waals surface area contributed by atoms with Crippen molar-refractivity contribution in [3.05, 3.63) is 88.4 Å². The molecule has 8 heteroatoms. The smallest absolute Gasteiger partial charge is 0.274 e. The number of anilines is 1. The third-order valence-corrected chi connectivity index (χ3v) is 5.97. The summed E-state index contributed by atoms with van der Waals surface area (Å²) in [6.07, 6.45) is 5.63. The minimum Gasteiger partial charge on any atom is -0.336 e. The SMILES string of the molecule is O=C(Nc1ccc2n(c1=O)CC1CC2CN(C(=O)c2ccccn2)C1)c1ccncc1. The third kappa shape index (κ3) is 3.61. The predicted molar refractivity (Wildman–Crippen MR) is 114 cm³/mol. The first-order valence-corrected chi connectivity index (χ1v) is 10.3. The van der Waals surface area contributed by atoms with Crippen molar-refractivity contribution in [2.45, 2.75) is 18.9 Å². The van der Waals surface area contributed by atoms with Crippen LogP contribution in [0.5, 0.6) is 0 Å². The van der Waals surface area contributed by atoms with Crippen LogP contribution < -0.4 is 10.9 Å². The van der Waals surface area contributed by atoms with Gasteiger partial charge in [0, 0.05) is 55.4 Å². The van der Waals surface area contributed by atoms with E-state index in [0.717, 1.165) is 12.1 Å². The number of amides is 2. The number of fused-ring (bicyclic) bond motifs is 4. The Bertz CT molecular complexity index is 1190. The Morgan fingerprint density at radius 1 is 0.968 bits per heavy atom. The molecular weight excluding hydrogens is 394 g/mol. The molecule has 3 aromatic heterocycles. The molecule has 5 rings (SSSR count). The van der Waals surface area contributed by atoms with Gasteiger partial charge in [-0.25, -0.2) is 0 Å². The second-order valence-corrected chi connectivity index (χ2v) is 8.00. The van der Waals surface area contributed by atoms with E-state index in [0.29, 0.717) is 30.9 Å². The highest BCUT2D eigenvalue weighted by Crippen LogP contribution is 2.35. The first kappa shape index (κ1) is 19.2. The van der Waals surface area contributed by atoms with E-state index >= 15 is 0 Å². The van der Waals surface area contributed by atoms with Gasteiger partial charge in [-0.15, -0.1) is 0 Å². The van der Waals surface area contributed by atoms with Crippen LogP contribution >= 0.6 is 0 Å². The van der Waals surface area contributed by atoms with Crippen molar-refractivity contribution in [1.82, 2.24) is 19.4 Å². The van der Waals surface area contributed by atoms with E-state index in [1.165, 1.54) is 12.4 Å². The van der Waals surface area contributed by atoms with Gasteiger partial charge in [-0.05, 0) is 48.7 Å². The highest BCUT2D eigenvalue weighted by atomic mass is 16.2. The Labute approximate surface area is 178 Å². The molecule has 0 radical (unpaired) electrons. The summed E-state index contributed by atoms with van der Waals surface area (Å²) in [4.78, 5) is 48.3. The summed E-state index contributed by atoms with van der Waals surface area (Å²) >= 11 is 0. The summed E-state index contributed by atoms with van der Waals surface area (Å²) in [5.74, 6) is -0.156. The van der Waals surface area contributed by atoms with E-state index < -0.39 is 0 Å². The molecule has 2 amide bonds. The second kappa shape index (κ2) is 7.79. The Hall–Kier alpha value is -3.81. The van der Waals surface area contributed by atoms with Gasteiger partial charge in [0.25, 0.3) is 17.4 Å². The summed E-state index contributed by atoms with van der Waals surface area (Å²) in [5.41, 5.74) is 1.83. The van der Waals surface area contributed by atoms with Gasteiger partial charge in [-0.1, -0.05) is 6.07 Å². The molecule has 0 saturated carbocycles. The molecule has 2 atom stereocenters. The maximum absolute atomic E-state index is 13.1. The number of carbonyl (C=O) groups is 2. The van der Waals surface area contributed by atoms with E-state index in [1.807, 2.05) is 17.0 Å². The molecule has 2 aliphatic heterocycles. The van der Waals surface area contributed by atoms with E-state index in [2.05, 4.69) is 15.3 Å². The number of carbonyl (C=O) groups excluding carboxylic acids is 2. The molecule has 156 valence electrons. The van der Waals surface area contributed by atoms with Gasteiger partial charge >= 0.3 is 0 Å². The Balaban J connectivity index is 1.39. The fraction of sp³-hybridized carbons (Fsp3) is 0.261. The lowest BCUT2D eigenvalue weighted by molar-refractivity contribution is 0.0588. The molecule has 31 heavy (non-hydrogen) atoms. The molecule has 0 aliphatic carbocycles. The molecule has 1 saturated heterocycles. The predicted octanol–water partition coefficient (Wildman–Crippen LogP) is 2.15. The van der Waals surface area contributed by atoms with Crippen molar-refractivity contribution in [2.24, 2.45) is 5.92 Å². The van der Waals surface area contributed by atoms with E-state index in [-0.39, 0.29) is 34.9 Å². The number of rotatable bonds is 3. The van der Waals surface area contributed by atoms with Crippen molar-refractivity contribution >= 4 is 17.5 Å². The van der Waals surface area contributed by atoms with Crippen LogP contribution in [-0.4, -0.2) is 44.3 Å². The van der Waals surface area contributed by atoms with E-state index in [4.69, 9.17) is 0 Å². The van der Waals surface area contributed by atoms with Gasteiger partial charge in [0.1, 0.15) is 11.4 Å². The molecule has 0 spiro atoms. The minimum absolute atomic E-state index is 0.0765. The Morgan fingerprint density at radius 2 is 1.81 bits per heavy atom. The van der Waals surface area contributed by atoms with Crippen molar-refractivity contribution < 1.29 is 9.59 Å². The first-order valence-electron chi connectivity index (χ1n) is 10.3. The monoisotopic (exact) mass is 415 g/mol. The van der Waals surface area contributed by atoms with Gasteiger partial charge in [0.2, 0.25) is 0 Å². The number of hydrogen-bond donors (Lipinski definition) is 1. The lowest BCUT2D eigenvalue weighted by atomic mass is 9.83. The van der Waals surface area contributed by atoms with Gasteiger partial charge < -0.3 is 14.8 Å². The van der Waals surface area contributed by atoms with Gasteiger partial charge in [0.15, 0.2) is 0 Å². The molecule has 2 unspecified atom stereocenters. The number of piperidine rings is 1. The molecule has 1 N–H and O–H groups in total. The van der Waals surface area contributed by atoms with Crippen LogP contribution in [0.1, 0.15) is 38.9 Å². The lowest BCUT2D eigenvalue weighted by Crippen LogP contribution is -2.49. The lowest BCUT2D eigenvalue weighted by Gasteiger charge is -2.42. The fourth-order valence-electron chi connectivity index (χ4n) is 4.56. The summed E-state index contributed by atoms with van der Waals surface area (Å²) in [6, 6.07) is 12.1. The van der Waals surface area contributed by atoms with Gasteiger partial charge in [-0.3, -0.25) is 24.4 Å². The molecule has 5 heterocycles. The summed E-state index contributed by atoms with van der Waals surface area (Å²) in [6.45, 7) is 1.66. The Morgan fingerprint density at radius 3 is 2.58 bits per heavy atom. The highest BCUT2D eigenvalue weighted by Gasteiger charge is 2.37. The van der Waals surface area contributed by atoms with Crippen molar-refractivity contribution in [1.29, 1.82) is 0 Å². The van der Waals surface area contributed by atoms with E-state index in [1.54, 1.807) is 41.1 Å². The number of hydrogen-bond acceptors (Lipinski definition) is 5. The number of nitrogens with zero attached hydrogens (tertiary/aromatic N) is 4. The molecule has 8 nitrogen and oxygen atoms in total. The zero-order valence-electron chi connectivity index (χ0n) is 16.8. The van der Waals surface area contributed by atoms with Crippen LogP contribution in [0.4, 0.5) is 5.69 Å². The number of pyridine rings is 3. The van der Waals surface area contributed by atoms with Crippen LogP contribution in [0, 0.1) is 5.92 Å². The zero-order valence-corrected chi connectivity index (χ0v) is 16.8. The molecule has 1 fully saturated rings. The average molecular weight is 415 g/mol. The quantitative estimate of drug-likeness (QED) is 0.707.